The van der Waals surface area contributed by atoms with Crippen LogP contribution in [0.4, 0.5) is 4.79 Å². The van der Waals surface area contributed by atoms with E-state index in [0.29, 0.717) is 6.61 Å². The molecule has 2 atom stereocenters. The number of hydrogen-bond donors (Lipinski definition) is 0. The molecule has 0 amide bonds. The van der Waals surface area contributed by atoms with Gasteiger partial charge in [-0.2, -0.15) is 0 Å². The Balaban J connectivity index is 2.10. The first-order valence-corrected chi connectivity index (χ1v) is 4.93. The monoisotopic (exact) mass is 216 g/mol. The van der Waals surface area contributed by atoms with Crippen LogP contribution in [0.2, 0.25) is 0 Å². The fourth-order valence-corrected chi connectivity index (χ4v) is 1.14. The van der Waals surface area contributed by atoms with E-state index >= 15 is 0 Å². The lowest BCUT2D eigenvalue weighted by atomic mass is 10.4. The SMILES string of the molecule is C=CCOC(=O)OCC1COC(CC)O1. The largest absolute Gasteiger partial charge is 0.508 e. The molecule has 0 aromatic rings. The predicted octanol–water partition coefficient (Wildman–Crippen LogP) is 1.48. The van der Waals surface area contributed by atoms with Crippen LogP contribution in [-0.4, -0.2) is 38.4 Å². The first-order chi connectivity index (χ1) is 7.26. The third-order valence-corrected chi connectivity index (χ3v) is 1.85. The minimum Gasteiger partial charge on any atom is -0.431 e. The van der Waals surface area contributed by atoms with Gasteiger partial charge in [-0.25, -0.2) is 4.79 Å². The maximum Gasteiger partial charge on any atom is 0.508 e. The van der Waals surface area contributed by atoms with Crippen molar-refractivity contribution in [3.05, 3.63) is 12.7 Å². The van der Waals surface area contributed by atoms with Crippen LogP contribution in [0.15, 0.2) is 12.7 Å². The van der Waals surface area contributed by atoms with Gasteiger partial charge >= 0.3 is 6.16 Å². The highest BCUT2D eigenvalue weighted by Crippen LogP contribution is 2.14. The molecule has 0 aromatic carbocycles. The lowest BCUT2D eigenvalue weighted by Crippen LogP contribution is -2.21. The zero-order valence-electron chi connectivity index (χ0n) is 8.81. The molecule has 0 N–H and O–H groups in total. The summed E-state index contributed by atoms with van der Waals surface area (Å²) in [5, 5.41) is 0. The number of hydrogen-bond acceptors (Lipinski definition) is 5. The third-order valence-electron chi connectivity index (χ3n) is 1.85. The van der Waals surface area contributed by atoms with Crippen molar-refractivity contribution >= 4 is 6.16 Å². The highest BCUT2D eigenvalue weighted by molar-refractivity contribution is 5.59. The van der Waals surface area contributed by atoms with E-state index in [9.17, 15) is 4.79 Å². The van der Waals surface area contributed by atoms with Gasteiger partial charge in [-0.1, -0.05) is 19.6 Å². The van der Waals surface area contributed by atoms with E-state index < -0.39 is 6.16 Å². The molecular weight excluding hydrogens is 200 g/mol. The van der Waals surface area contributed by atoms with Crippen LogP contribution in [0.5, 0.6) is 0 Å². The van der Waals surface area contributed by atoms with E-state index in [1.807, 2.05) is 6.92 Å². The van der Waals surface area contributed by atoms with Crippen LogP contribution in [0, 0.1) is 0 Å². The van der Waals surface area contributed by atoms with Gasteiger partial charge in [0.1, 0.15) is 19.3 Å². The molecule has 0 bridgehead atoms. The summed E-state index contributed by atoms with van der Waals surface area (Å²) in [6.07, 6.45) is 1.19. The molecule has 1 aliphatic heterocycles. The Kier molecular flexibility index (Phi) is 5.14. The second-order valence-corrected chi connectivity index (χ2v) is 3.09. The molecule has 1 saturated heterocycles. The van der Waals surface area contributed by atoms with Gasteiger partial charge in [0, 0.05) is 0 Å². The molecule has 0 spiro atoms. The zero-order valence-corrected chi connectivity index (χ0v) is 8.81. The van der Waals surface area contributed by atoms with Gasteiger partial charge in [-0.15, -0.1) is 0 Å². The van der Waals surface area contributed by atoms with Crippen molar-refractivity contribution < 1.29 is 23.7 Å². The van der Waals surface area contributed by atoms with Crippen molar-refractivity contribution in [1.82, 2.24) is 0 Å². The summed E-state index contributed by atoms with van der Waals surface area (Å²) in [5.74, 6) is 0. The molecule has 1 aliphatic rings. The number of ether oxygens (including phenoxy) is 4. The number of carbonyl (C=O) groups is 1. The Morgan fingerprint density at radius 3 is 3.00 bits per heavy atom. The molecule has 0 aliphatic carbocycles. The molecule has 0 radical (unpaired) electrons. The zero-order chi connectivity index (χ0) is 11.1. The Morgan fingerprint density at radius 2 is 2.40 bits per heavy atom. The molecule has 0 saturated carbocycles. The average Bonchev–Trinajstić information content (AvgIpc) is 2.71. The van der Waals surface area contributed by atoms with Gasteiger partial charge in [0.25, 0.3) is 0 Å². The van der Waals surface area contributed by atoms with Gasteiger partial charge in [0.2, 0.25) is 0 Å². The van der Waals surface area contributed by atoms with E-state index in [4.69, 9.17) is 14.2 Å². The second-order valence-electron chi connectivity index (χ2n) is 3.09. The third kappa shape index (κ3) is 4.31. The first kappa shape index (κ1) is 12.0. The van der Waals surface area contributed by atoms with Crippen molar-refractivity contribution in [2.24, 2.45) is 0 Å². The standard InChI is InChI=1S/C10H16O5/c1-3-5-12-10(11)14-7-8-6-13-9(4-2)15-8/h3,8-9H,1,4-7H2,2H3. The molecule has 5 heteroatoms. The molecule has 1 heterocycles. The topological polar surface area (TPSA) is 54.0 Å². The predicted molar refractivity (Wildman–Crippen MR) is 52.4 cm³/mol. The number of rotatable bonds is 5. The smallest absolute Gasteiger partial charge is 0.431 e. The highest BCUT2D eigenvalue weighted by atomic mass is 16.8. The van der Waals surface area contributed by atoms with Gasteiger partial charge in [0.15, 0.2) is 6.29 Å². The van der Waals surface area contributed by atoms with Crippen molar-refractivity contribution in [3.8, 4) is 0 Å². The lowest BCUT2D eigenvalue weighted by Gasteiger charge is -2.10. The quantitative estimate of drug-likeness (QED) is 0.514. The van der Waals surface area contributed by atoms with Crippen LogP contribution in [-0.2, 0) is 18.9 Å². The molecule has 86 valence electrons. The van der Waals surface area contributed by atoms with Gasteiger partial charge in [0.05, 0.1) is 6.61 Å². The molecular formula is C10H16O5. The summed E-state index contributed by atoms with van der Waals surface area (Å²) in [5.41, 5.74) is 0. The Hall–Kier alpha value is -1.07. The van der Waals surface area contributed by atoms with Gasteiger partial charge in [-0.3, -0.25) is 0 Å². The molecule has 5 nitrogen and oxygen atoms in total. The van der Waals surface area contributed by atoms with Crippen LogP contribution < -0.4 is 0 Å². The summed E-state index contributed by atoms with van der Waals surface area (Å²) >= 11 is 0. The maximum absolute atomic E-state index is 10.9. The van der Waals surface area contributed by atoms with Gasteiger partial charge in [-0.05, 0) is 6.42 Å². The summed E-state index contributed by atoms with van der Waals surface area (Å²) in [4.78, 5) is 10.9. The van der Waals surface area contributed by atoms with E-state index in [-0.39, 0.29) is 25.6 Å². The van der Waals surface area contributed by atoms with E-state index in [2.05, 4.69) is 11.3 Å². The Labute approximate surface area is 88.9 Å². The number of carbonyl (C=O) groups excluding carboxylic acids is 1. The minimum atomic E-state index is -0.710. The van der Waals surface area contributed by atoms with Crippen molar-refractivity contribution in [3.63, 3.8) is 0 Å². The molecule has 1 rings (SSSR count). The van der Waals surface area contributed by atoms with Gasteiger partial charge < -0.3 is 18.9 Å². The molecule has 0 aromatic heterocycles. The van der Waals surface area contributed by atoms with E-state index in [1.54, 1.807) is 0 Å². The Bertz CT molecular complexity index is 216. The Morgan fingerprint density at radius 1 is 1.60 bits per heavy atom. The summed E-state index contributed by atoms with van der Waals surface area (Å²) < 4.78 is 20.1. The maximum atomic E-state index is 10.9. The average molecular weight is 216 g/mol. The van der Waals surface area contributed by atoms with Crippen LogP contribution >= 0.6 is 0 Å². The van der Waals surface area contributed by atoms with Crippen molar-refractivity contribution in [1.29, 1.82) is 0 Å². The van der Waals surface area contributed by atoms with Crippen LogP contribution in [0.3, 0.4) is 0 Å². The summed E-state index contributed by atoms with van der Waals surface area (Å²) in [6.45, 7) is 6.14. The summed E-state index contributed by atoms with van der Waals surface area (Å²) in [7, 11) is 0. The second kappa shape index (κ2) is 6.42. The van der Waals surface area contributed by atoms with Crippen molar-refractivity contribution in [2.45, 2.75) is 25.7 Å². The lowest BCUT2D eigenvalue weighted by molar-refractivity contribution is -0.0697. The highest BCUT2D eigenvalue weighted by Gasteiger charge is 2.25. The normalized spacial score (nSPS) is 24.9. The molecule has 15 heavy (non-hydrogen) atoms. The molecule has 1 fully saturated rings. The van der Waals surface area contributed by atoms with Crippen molar-refractivity contribution in [2.75, 3.05) is 19.8 Å². The summed E-state index contributed by atoms with van der Waals surface area (Å²) in [6, 6.07) is 0. The first-order valence-electron chi connectivity index (χ1n) is 4.93. The van der Waals surface area contributed by atoms with Crippen LogP contribution in [0.25, 0.3) is 0 Å². The fraction of sp³-hybridized carbons (Fsp3) is 0.700. The fourth-order valence-electron chi connectivity index (χ4n) is 1.14. The minimum absolute atomic E-state index is 0.151. The molecule has 2 unspecified atom stereocenters. The van der Waals surface area contributed by atoms with E-state index in [0.717, 1.165) is 6.42 Å². The van der Waals surface area contributed by atoms with E-state index in [1.165, 1.54) is 6.08 Å². The van der Waals surface area contributed by atoms with Crippen LogP contribution in [0.1, 0.15) is 13.3 Å².